The molecule has 3 N–H and O–H groups in total. The summed E-state index contributed by atoms with van der Waals surface area (Å²) in [5.74, 6) is -0.127. The normalized spacial score (nSPS) is 11.0. The minimum atomic E-state index is -0.664. The molecule has 0 aliphatic rings. The summed E-state index contributed by atoms with van der Waals surface area (Å²) in [6.45, 7) is 3.69. The van der Waals surface area contributed by atoms with Gasteiger partial charge in [0.2, 0.25) is 0 Å². The van der Waals surface area contributed by atoms with Gasteiger partial charge in [-0.3, -0.25) is 14.9 Å². The molecule has 0 radical (unpaired) electrons. The van der Waals surface area contributed by atoms with E-state index in [1.165, 1.54) is 18.3 Å². The van der Waals surface area contributed by atoms with Crippen molar-refractivity contribution in [3.8, 4) is 5.75 Å². The molecular weight excluding hydrogens is 424 g/mol. The molecule has 0 unspecified atom stereocenters. The van der Waals surface area contributed by atoms with E-state index in [4.69, 9.17) is 29.1 Å². The van der Waals surface area contributed by atoms with E-state index >= 15 is 0 Å². The Bertz CT molecular complexity index is 854. The van der Waals surface area contributed by atoms with E-state index in [0.29, 0.717) is 64.1 Å². The number of hydrogen-bond acceptors (Lipinski definition) is 10. The monoisotopic (exact) mass is 450 g/mol. The molecule has 1 amide bonds. The van der Waals surface area contributed by atoms with Crippen LogP contribution in [0.5, 0.6) is 5.75 Å². The second-order valence-electron chi connectivity index (χ2n) is 6.13. The first-order valence-electron chi connectivity index (χ1n) is 9.84. The Morgan fingerprint density at radius 3 is 2.22 bits per heavy atom. The number of furan rings is 1. The topological polar surface area (TPSA) is 161 Å². The Morgan fingerprint density at radius 1 is 1.00 bits per heavy atom. The van der Waals surface area contributed by atoms with Gasteiger partial charge < -0.3 is 29.1 Å². The lowest BCUT2D eigenvalue weighted by atomic mass is 10.2. The first kappa shape index (κ1) is 24.9. The van der Waals surface area contributed by atoms with Gasteiger partial charge in [0.1, 0.15) is 17.3 Å². The second-order valence-corrected chi connectivity index (χ2v) is 6.13. The zero-order chi connectivity index (χ0) is 23.0. The Balaban J connectivity index is 1.58. The highest BCUT2D eigenvalue weighted by Crippen LogP contribution is 2.14. The van der Waals surface area contributed by atoms with Crippen LogP contribution < -0.4 is 15.9 Å². The number of nitro groups is 1. The maximum Gasteiger partial charge on any atom is 0.433 e. The van der Waals surface area contributed by atoms with E-state index in [1.807, 2.05) is 0 Å². The number of ether oxygens (including phenoxy) is 4. The van der Waals surface area contributed by atoms with Crippen molar-refractivity contribution in [2.45, 2.75) is 0 Å². The predicted molar refractivity (Wildman–Crippen MR) is 114 cm³/mol. The maximum absolute atomic E-state index is 12.1. The molecule has 1 aromatic heterocycles. The van der Waals surface area contributed by atoms with E-state index in [2.05, 4.69) is 10.5 Å². The minimum Gasteiger partial charge on any atom is -0.491 e. The van der Waals surface area contributed by atoms with Gasteiger partial charge >= 0.3 is 5.88 Å². The van der Waals surface area contributed by atoms with Gasteiger partial charge in [0.15, 0.2) is 5.76 Å². The number of rotatable bonds is 16. The number of benzene rings is 1. The first-order chi connectivity index (χ1) is 15.6. The SMILES string of the molecule is NCCOCCOCCOCCOc1ccc(C(=O)NN=Cc2ccc([N+](=O)[O-])o2)cc1. The van der Waals surface area contributed by atoms with Crippen LogP contribution in [0.1, 0.15) is 16.1 Å². The van der Waals surface area contributed by atoms with E-state index in [9.17, 15) is 14.9 Å². The molecule has 0 aliphatic carbocycles. The fraction of sp³-hybridized carbons (Fsp3) is 0.400. The molecule has 12 nitrogen and oxygen atoms in total. The zero-order valence-electron chi connectivity index (χ0n) is 17.4. The van der Waals surface area contributed by atoms with E-state index in [0.717, 1.165) is 0 Å². The standard InChI is InChI=1S/C20H26N4O8/c21-7-8-28-9-10-29-11-12-30-13-14-31-17-3-1-16(2-4-17)20(25)23-22-15-18-5-6-19(32-18)24(26)27/h1-6,15H,7-14,21H2,(H,23,25). The van der Waals surface area contributed by atoms with Gasteiger partial charge in [0.25, 0.3) is 5.91 Å². The van der Waals surface area contributed by atoms with Crippen molar-refractivity contribution >= 4 is 18.0 Å². The Kier molecular flexibility index (Phi) is 11.4. The van der Waals surface area contributed by atoms with Gasteiger partial charge in [-0.2, -0.15) is 5.10 Å². The molecule has 12 heteroatoms. The summed E-state index contributed by atoms with van der Waals surface area (Å²) >= 11 is 0. The van der Waals surface area contributed by atoms with Gasteiger partial charge in [-0.05, 0) is 30.3 Å². The highest BCUT2D eigenvalue weighted by atomic mass is 16.6. The molecule has 1 heterocycles. The lowest BCUT2D eigenvalue weighted by molar-refractivity contribution is -0.402. The molecule has 0 atom stereocenters. The Labute approximate surface area is 184 Å². The number of nitrogens with two attached hydrogens (primary N) is 1. The van der Waals surface area contributed by atoms with Gasteiger partial charge in [-0.1, -0.05) is 0 Å². The number of amides is 1. The summed E-state index contributed by atoms with van der Waals surface area (Å²) in [4.78, 5) is 22.0. The van der Waals surface area contributed by atoms with E-state index in [-0.39, 0.29) is 5.76 Å². The number of nitrogens with one attached hydrogen (secondary N) is 1. The number of hydrogen-bond donors (Lipinski definition) is 2. The summed E-state index contributed by atoms with van der Waals surface area (Å²) in [5.41, 5.74) is 7.98. The number of carbonyl (C=O) groups excluding carboxylic acids is 1. The van der Waals surface area contributed by atoms with Crippen molar-refractivity contribution in [2.75, 3.05) is 52.8 Å². The fourth-order valence-electron chi connectivity index (χ4n) is 2.27. The molecular formula is C20H26N4O8. The smallest absolute Gasteiger partial charge is 0.433 e. The molecule has 0 spiro atoms. The van der Waals surface area contributed by atoms with Crippen LogP contribution in [0.3, 0.4) is 0 Å². The molecule has 0 aliphatic heterocycles. The summed E-state index contributed by atoms with van der Waals surface area (Å²) < 4.78 is 26.4. The molecule has 0 saturated carbocycles. The van der Waals surface area contributed by atoms with Crippen LogP contribution >= 0.6 is 0 Å². The maximum atomic E-state index is 12.1. The van der Waals surface area contributed by atoms with Gasteiger partial charge in [0.05, 0.1) is 51.9 Å². The number of nitrogens with zero attached hydrogens (tertiary/aromatic N) is 2. The van der Waals surface area contributed by atoms with Crippen molar-refractivity contribution in [1.29, 1.82) is 0 Å². The van der Waals surface area contributed by atoms with Crippen molar-refractivity contribution in [3.05, 3.63) is 57.8 Å². The highest BCUT2D eigenvalue weighted by Gasteiger charge is 2.10. The Morgan fingerprint density at radius 2 is 1.62 bits per heavy atom. The quantitative estimate of drug-likeness (QED) is 0.166. The Hall–Kier alpha value is -3.32. The number of carbonyl (C=O) groups is 1. The van der Waals surface area contributed by atoms with Crippen LogP contribution in [0.2, 0.25) is 0 Å². The van der Waals surface area contributed by atoms with Crippen LogP contribution in [-0.2, 0) is 14.2 Å². The summed E-state index contributed by atoms with van der Waals surface area (Å²) in [6.07, 6.45) is 1.17. The zero-order valence-corrected chi connectivity index (χ0v) is 17.4. The fourth-order valence-corrected chi connectivity index (χ4v) is 2.27. The van der Waals surface area contributed by atoms with Gasteiger partial charge in [-0.25, -0.2) is 5.43 Å². The van der Waals surface area contributed by atoms with Crippen molar-refractivity contribution < 1.29 is 33.1 Å². The van der Waals surface area contributed by atoms with Crippen molar-refractivity contribution in [1.82, 2.24) is 5.43 Å². The van der Waals surface area contributed by atoms with Crippen LogP contribution in [0.25, 0.3) is 0 Å². The summed E-state index contributed by atoms with van der Waals surface area (Å²) in [7, 11) is 0. The third-order valence-corrected chi connectivity index (χ3v) is 3.77. The predicted octanol–water partition coefficient (Wildman–Crippen LogP) is 1.34. The molecule has 2 rings (SSSR count). The minimum absolute atomic E-state index is 0.144. The van der Waals surface area contributed by atoms with E-state index in [1.54, 1.807) is 24.3 Å². The molecule has 0 saturated heterocycles. The summed E-state index contributed by atoms with van der Waals surface area (Å²) in [6, 6.07) is 9.04. The molecule has 0 fully saturated rings. The lowest BCUT2D eigenvalue weighted by Crippen LogP contribution is -2.17. The molecule has 2 aromatic rings. The van der Waals surface area contributed by atoms with Gasteiger partial charge in [-0.15, -0.1) is 0 Å². The van der Waals surface area contributed by atoms with Crippen molar-refractivity contribution in [3.63, 3.8) is 0 Å². The van der Waals surface area contributed by atoms with Crippen LogP contribution in [0.4, 0.5) is 5.88 Å². The molecule has 174 valence electrons. The lowest BCUT2D eigenvalue weighted by Gasteiger charge is -2.08. The first-order valence-corrected chi connectivity index (χ1v) is 9.84. The van der Waals surface area contributed by atoms with Crippen molar-refractivity contribution in [2.24, 2.45) is 10.8 Å². The average molecular weight is 450 g/mol. The van der Waals surface area contributed by atoms with Crippen LogP contribution in [-0.4, -0.2) is 69.8 Å². The molecule has 0 bridgehead atoms. The average Bonchev–Trinajstić information content (AvgIpc) is 3.27. The highest BCUT2D eigenvalue weighted by molar-refractivity contribution is 5.94. The summed E-state index contributed by atoms with van der Waals surface area (Å²) in [5, 5.41) is 14.3. The molecule has 32 heavy (non-hydrogen) atoms. The third-order valence-electron chi connectivity index (χ3n) is 3.77. The number of hydrazone groups is 1. The van der Waals surface area contributed by atoms with Crippen LogP contribution in [0, 0.1) is 10.1 Å². The second kappa shape index (κ2) is 14.6. The third kappa shape index (κ3) is 9.66. The van der Waals surface area contributed by atoms with E-state index < -0.39 is 16.7 Å². The van der Waals surface area contributed by atoms with Gasteiger partial charge in [0, 0.05) is 12.1 Å². The largest absolute Gasteiger partial charge is 0.491 e. The van der Waals surface area contributed by atoms with Crippen LogP contribution in [0.15, 0.2) is 45.9 Å². The molecule has 1 aromatic carbocycles.